The van der Waals surface area contributed by atoms with Gasteiger partial charge in [0.15, 0.2) is 0 Å². The third-order valence-electron chi connectivity index (χ3n) is 6.92. The van der Waals surface area contributed by atoms with Crippen molar-refractivity contribution in [2.24, 2.45) is 22.7 Å². The maximum atomic E-state index is 4.46. The molecule has 4 aliphatic carbocycles. The molecule has 4 heteroatoms. The van der Waals surface area contributed by atoms with Gasteiger partial charge in [-0.05, 0) is 85.5 Å². The van der Waals surface area contributed by atoms with E-state index in [4.69, 9.17) is 0 Å². The Bertz CT molecular complexity index is 670. The number of aromatic nitrogens is 2. The summed E-state index contributed by atoms with van der Waals surface area (Å²) in [6.45, 7) is 2.14. The van der Waals surface area contributed by atoms with Crippen LogP contribution < -0.4 is 10.6 Å². The number of nitrogens with one attached hydrogen (secondary N) is 2. The summed E-state index contributed by atoms with van der Waals surface area (Å²) in [4.78, 5) is 8.91. The monoisotopic (exact) mass is 348 g/mol. The van der Waals surface area contributed by atoms with Crippen molar-refractivity contribution in [1.29, 1.82) is 0 Å². The molecule has 0 spiro atoms. The summed E-state index contributed by atoms with van der Waals surface area (Å²) in [6.07, 6.45) is 12.1. The van der Waals surface area contributed by atoms with Crippen LogP contribution in [0.5, 0.6) is 0 Å². The van der Waals surface area contributed by atoms with Crippen molar-refractivity contribution in [1.82, 2.24) is 9.97 Å². The molecule has 6 rings (SSSR count). The maximum absolute atomic E-state index is 4.46. The molecule has 0 aliphatic heterocycles. The Morgan fingerprint density at radius 1 is 0.769 bits per heavy atom. The van der Waals surface area contributed by atoms with Crippen LogP contribution in [0.2, 0.25) is 0 Å². The molecule has 2 heterocycles. The van der Waals surface area contributed by atoms with Crippen molar-refractivity contribution in [3.05, 3.63) is 48.8 Å². The van der Waals surface area contributed by atoms with Gasteiger partial charge < -0.3 is 10.6 Å². The van der Waals surface area contributed by atoms with E-state index >= 15 is 0 Å². The van der Waals surface area contributed by atoms with Crippen LogP contribution in [-0.4, -0.2) is 23.1 Å². The third kappa shape index (κ3) is 3.06. The summed E-state index contributed by atoms with van der Waals surface area (Å²) in [6, 6.07) is 12.3. The summed E-state index contributed by atoms with van der Waals surface area (Å²) in [5.41, 5.74) is 0.904. The van der Waals surface area contributed by atoms with Crippen molar-refractivity contribution >= 4 is 11.6 Å². The smallest absolute Gasteiger partial charge is 0.125 e. The Hall–Kier alpha value is -2.10. The number of nitrogens with zero attached hydrogens (tertiary/aromatic N) is 2. The molecule has 26 heavy (non-hydrogen) atoms. The molecule has 4 saturated carbocycles. The normalized spacial score (nSPS) is 34.6. The van der Waals surface area contributed by atoms with Crippen molar-refractivity contribution < 1.29 is 0 Å². The lowest BCUT2D eigenvalue weighted by Crippen LogP contribution is -2.56. The minimum absolute atomic E-state index is 0.452. The first-order valence-electron chi connectivity index (χ1n) is 10.0. The van der Waals surface area contributed by atoms with Crippen molar-refractivity contribution in [3.8, 4) is 0 Å². The molecule has 0 saturated heterocycles. The predicted octanol–water partition coefficient (Wildman–Crippen LogP) is 4.59. The number of rotatable bonds is 6. The lowest BCUT2D eigenvalue weighted by Gasteiger charge is -2.62. The predicted molar refractivity (Wildman–Crippen MR) is 105 cm³/mol. The molecule has 136 valence electrons. The average molecular weight is 348 g/mol. The Balaban J connectivity index is 1.31. The van der Waals surface area contributed by atoms with Gasteiger partial charge in [-0.25, -0.2) is 9.97 Å². The fourth-order valence-electron chi connectivity index (χ4n) is 6.55. The Morgan fingerprint density at radius 3 is 1.69 bits per heavy atom. The van der Waals surface area contributed by atoms with E-state index in [2.05, 4.69) is 44.9 Å². The SMILES string of the molecule is c1ccc(NCC23CC4CC(C2)CC(CNc2ccccn2)(C4)C3)nc1. The number of anilines is 2. The molecule has 0 unspecified atom stereocenters. The van der Waals surface area contributed by atoms with Crippen LogP contribution >= 0.6 is 0 Å². The molecular weight excluding hydrogens is 320 g/mol. The van der Waals surface area contributed by atoms with Gasteiger partial charge in [-0.15, -0.1) is 0 Å². The Labute approximate surface area is 155 Å². The molecule has 4 nitrogen and oxygen atoms in total. The molecule has 0 amide bonds. The molecule has 0 radical (unpaired) electrons. The fraction of sp³-hybridized carbons (Fsp3) is 0.545. The maximum Gasteiger partial charge on any atom is 0.125 e. The largest absolute Gasteiger partial charge is 0.370 e. The van der Waals surface area contributed by atoms with Crippen molar-refractivity contribution in [2.75, 3.05) is 23.7 Å². The second-order valence-corrected chi connectivity index (χ2v) is 9.10. The van der Waals surface area contributed by atoms with Gasteiger partial charge in [-0.3, -0.25) is 0 Å². The topological polar surface area (TPSA) is 49.8 Å². The van der Waals surface area contributed by atoms with E-state index in [1.807, 2.05) is 24.5 Å². The zero-order valence-electron chi connectivity index (χ0n) is 15.3. The lowest BCUT2D eigenvalue weighted by atomic mass is 9.44. The van der Waals surface area contributed by atoms with Gasteiger partial charge in [0.1, 0.15) is 11.6 Å². The molecule has 0 atom stereocenters. The summed E-state index contributed by atoms with van der Waals surface area (Å²) in [7, 11) is 0. The molecule has 2 aromatic rings. The zero-order chi connectivity index (χ0) is 17.5. The number of hydrogen-bond donors (Lipinski definition) is 2. The van der Waals surface area contributed by atoms with Crippen molar-refractivity contribution in [2.45, 2.75) is 38.5 Å². The van der Waals surface area contributed by atoms with E-state index in [1.165, 1.54) is 38.5 Å². The van der Waals surface area contributed by atoms with Crippen LogP contribution in [0.4, 0.5) is 11.6 Å². The van der Waals surface area contributed by atoms with Gasteiger partial charge in [0.05, 0.1) is 0 Å². The highest BCUT2D eigenvalue weighted by Gasteiger charge is 2.57. The fourth-order valence-corrected chi connectivity index (χ4v) is 6.55. The molecule has 2 N–H and O–H groups in total. The molecule has 4 bridgehead atoms. The van der Waals surface area contributed by atoms with E-state index in [0.29, 0.717) is 10.8 Å². The Morgan fingerprint density at radius 2 is 1.27 bits per heavy atom. The number of pyridine rings is 2. The average Bonchev–Trinajstić information content (AvgIpc) is 2.66. The van der Waals surface area contributed by atoms with E-state index < -0.39 is 0 Å². The van der Waals surface area contributed by atoms with Gasteiger partial charge in [-0.2, -0.15) is 0 Å². The lowest BCUT2D eigenvalue weighted by molar-refractivity contribution is -0.0971. The van der Waals surface area contributed by atoms with E-state index in [1.54, 1.807) is 0 Å². The van der Waals surface area contributed by atoms with Gasteiger partial charge in [0.25, 0.3) is 0 Å². The van der Waals surface area contributed by atoms with Crippen molar-refractivity contribution in [3.63, 3.8) is 0 Å². The third-order valence-corrected chi connectivity index (χ3v) is 6.92. The first kappa shape index (κ1) is 16.1. The molecule has 2 aromatic heterocycles. The van der Waals surface area contributed by atoms with Crippen LogP contribution in [0.1, 0.15) is 38.5 Å². The molecule has 4 aliphatic rings. The summed E-state index contributed by atoms with van der Waals surface area (Å²) < 4.78 is 0. The van der Waals surface area contributed by atoms with Crippen LogP contribution in [0.15, 0.2) is 48.8 Å². The highest BCUT2D eigenvalue weighted by molar-refractivity contribution is 5.35. The van der Waals surface area contributed by atoms with Crippen LogP contribution in [0.25, 0.3) is 0 Å². The summed E-state index contributed by atoms with van der Waals surface area (Å²) in [5.74, 6) is 3.85. The minimum Gasteiger partial charge on any atom is -0.370 e. The first-order valence-corrected chi connectivity index (χ1v) is 10.0. The van der Waals surface area contributed by atoms with Gasteiger partial charge in [-0.1, -0.05) is 12.1 Å². The zero-order valence-corrected chi connectivity index (χ0v) is 15.3. The van der Waals surface area contributed by atoms with Crippen LogP contribution in [0.3, 0.4) is 0 Å². The molecule has 0 aromatic carbocycles. The van der Waals surface area contributed by atoms with Gasteiger partial charge in [0, 0.05) is 25.5 Å². The summed E-state index contributed by atoms with van der Waals surface area (Å²) >= 11 is 0. The Kier molecular flexibility index (Phi) is 3.87. The van der Waals surface area contributed by atoms with Gasteiger partial charge >= 0.3 is 0 Å². The highest BCUT2D eigenvalue weighted by Crippen LogP contribution is 2.65. The summed E-state index contributed by atoms with van der Waals surface area (Å²) in [5, 5.41) is 7.30. The second kappa shape index (κ2) is 6.26. The second-order valence-electron chi connectivity index (χ2n) is 9.10. The van der Waals surface area contributed by atoms with E-state index in [-0.39, 0.29) is 0 Å². The van der Waals surface area contributed by atoms with E-state index in [9.17, 15) is 0 Å². The van der Waals surface area contributed by atoms with E-state index in [0.717, 1.165) is 36.6 Å². The first-order chi connectivity index (χ1) is 12.7. The van der Waals surface area contributed by atoms with Crippen LogP contribution in [-0.2, 0) is 0 Å². The number of hydrogen-bond acceptors (Lipinski definition) is 4. The molecule has 4 fully saturated rings. The minimum atomic E-state index is 0.452. The van der Waals surface area contributed by atoms with Gasteiger partial charge in [0.2, 0.25) is 0 Å². The standard InChI is InChI=1S/C22H28N4/c1-3-7-23-19(5-1)25-15-21-10-17-9-18(11-21)13-22(12-17,14-21)16-26-20-6-2-4-8-24-20/h1-8,17-18H,9-16H2,(H,23,25)(H,24,26). The quantitative estimate of drug-likeness (QED) is 0.802. The van der Waals surface area contributed by atoms with Crippen LogP contribution in [0, 0.1) is 22.7 Å². The highest BCUT2D eigenvalue weighted by atomic mass is 15.0. The molecular formula is C22H28N4.